The summed E-state index contributed by atoms with van der Waals surface area (Å²) in [6.45, 7) is 1.20. The van der Waals surface area contributed by atoms with E-state index in [2.05, 4.69) is 10.1 Å². The fourth-order valence-corrected chi connectivity index (χ4v) is 0.988. The second kappa shape index (κ2) is 3.48. The zero-order valence-corrected chi connectivity index (χ0v) is 6.32. The van der Waals surface area contributed by atoms with Crippen molar-refractivity contribution in [3.05, 3.63) is 11.4 Å². The van der Waals surface area contributed by atoms with Gasteiger partial charge in [-0.1, -0.05) is 0 Å². The maximum Gasteiger partial charge on any atom is 0.366 e. The number of methoxy groups -OCH3 is 1. The van der Waals surface area contributed by atoms with Crippen LogP contribution in [0.4, 0.5) is 4.39 Å². The molecule has 0 aromatic rings. The largest absolute Gasteiger partial charge is 0.464 e. The van der Waals surface area contributed by atoms with Crippen molar-refractivity contribution in [3.8, 4) is 0 Å². The fourth-order valence-electron chi connectivity index (χ4n) is 0.988. The first-order valence-electron chi connectivity index (χ1n) is 3.42. The van der Waals surface area contributed by atoms with Crippen LogP contribution in [0.3, 0.4) is 0 Å². The molecule has 1 heterocycles. The lowest BCUT2D eigenvalue weighted by molar-refractivity contribution is -0.137. The molecule has 4 heteroatoms. The Morgan fingerprint density at radius 1 is 1.73 bits per heavy atom. The summed E-state index contributed by atoms with van der Waals surface area (Å²) in [5.74, 6) is -1.61. The molecule has 1 saturated heterocycles. The Morgan fingerprint density at radius 2 is 2.45 bits per heavy atom. The molecular formula is C7H10FNO2. The lowest BCUT2D eigenvalue weighted by Crippen LogP contribution is -2.08. The number of rotatable bonds is 1. The van der Waals surface area contributed by atoms with Crippen molar-refractivity contribution in [2.75, 3.05) is 20.2 Å². The van der Waals surface area contributed by atoms with Gasteiger partial charge in [0.2, 0.25) is 5.83 Å². The molecule has 1 rings (SSSR count). The van der Waals surface area contributed by atoms with Gasteiger partial charge in [-0.25, -0.2) is 4.79 Å². The van der Waals surface area contributed by atoms with Gasteiger partial charge < -0.3 is 10.1 Å². The van der Waals surface area contributed by atoms with Gasteiger partial charge in [0.15, 0.2) is 0 Å². The van der Waals surface area contributed by atoms with Crippen LogP contribution in [0.1, 0.15) is 6.42 Å². The molecule has 0 aliphatic carbocycles. The average molecular weight is 159 g/mol. The molecule has 0 radical (unpaired) electrons. The van der Waals surface area contributed by atoms with E-state index in [1.54, 1.807) is 0 Å². The second-order valence-corrected chi connectivity index (χ2v) is 2.34. The first kappa shape index (κ1) is 8.20. The van der Waals surface area contributed by atoms with Crippen LogP contribution in [-0.4, -0.2) is 26.2 Å². The number of carbonyl (C=O) groups excluding carboxylic acids is 1. The Hall–Kier alpha value is -0.900. The molecule has 0 aromatic carbocycles. The number of hydrogen-bond acceptors (Lipinski definition) is 3. The van der Waals surface area contributed by atoms with Gasteiger partial charge in [-0.05, 0) is 18.5 Å². The molecule has 1 aliphatic rings. The molecule has 0 amide bonds. The zero-order valence-electron chi connectivity index (χ0n) is 6.32. The van der Waals surface area contributed by atoms with E-state index in [1.807, 2.05) is 0 Å². The van der Waals surface area contributed by atoms with Crippen molar-refractivity contribution < 1.29 is 13.9 Å². The summed E-state index contributed by atoms with van der Waals surface area (Å²) < 4.78 is 17.1. The fraction of sp³-hybridized carbons (Fsp3) is 0.571. The number of hydrogen-bond donors (Lipinski definition) is 1. The average Bonchev–Trinajstić information content (AvgIpc) is 2.53. The van der Waals surface area contributed by atoms with Crippen LogP contribution in [0.25, 0.3) is 0 Å². The lowest BCUT2D eigenvalue weighted by Gasteiger charge is -1.97. The summed E-state index contributed by atoms with van der Waals surface area (Å²) in [5, 5.41) is 2.93. The second-order valence-electron chi connectivity index (χ2n) is 2.34. The third kappa shape index (κ3) is 1.77. The highest BCUT2D eigenvalue weighted by Crippen LogP contribution is 2.14. The summed E-state index contributed by atoms with van der Waals surface area (Å²) in [5.41, 5.74) is 0.511. The molecule has 1 aliphatic heterocycles. The smallest absolute Gasteiger partial charge is 0.366 e. The molecule has 0 atom stereocenters. The normalized spacial score (nSPS) is 21.6. The van der Waals surface area contributed by atoms with Crippen LogP contribution in [0.2, 0.25) is 0 Å². The molecule has 0 aromatic heterocycles. The first-order chi connectivity index (χ1) is 5.25. The quantitative estimate of drug-likeness (QED) is 0.444. The van der Waals surface area contributed by atoms with E-state index < -0.39 is 11.8 Å². The maximum atomic E-state index is 12.9. The third-order valence-corrected chi connectivity index (χ3v) is 1.62. The van der Waals surface area contributed by atoms with E-state index in [-0.39, 0.29) is 0 Å². The minimum absolute atomic E-state index is 0.459. The van der Waals surface area contributed by atoms with Crippen molar-refractivity contribution in [1.82, 2.24) is 5.32 Å². The molecule has 0 unspecified atom stereocenters. The van der Waals surface area contributed by atoms with Crippen LogP contribution in [0.5, 0.6) is 0 Å². The minimum Gasteiger partial charge on any atom is -0.464 e. The van der Waals surface area contributed by atoms with E-state index in [1.165, 1.54) is 7.11 Å². The third-order valence-electron chi connectivity index (χ3n) is 1.62. The van der Waals surface area contributed by atoms with E-state index in [4.69, 9.17) is 0 Å². The van der Waals surface area contributed by atoms with Gasteiger partial charge in [0.1, 0.15) is 0 Å². The number of halogens is 1. The Bertz CT molecular complexity index is 193. The highest BCUT2D eigenvalue weighted by atomic mass is 19.1. The van der Waals surface area contributed by atoms with Crippen molar-refractivity contribution >= 4 is 5.97 Å². The van der Waals surface area contributed by atoms with Crippen LogP contribution in [-0.2, 0) is 9.53 Å². The van der Waals surface area contributed by atoms with Gasteiger partial charge in [0, 0.05) is 6.54 Å². The molecule has 11 heavy (non-hydrogen) atoms. The molecular weight excluding hydrogens is 149 g/mol. The SMILES string of the molecule is COC(=O)/C(F)=C1/CCNC1. The number of esters is 1. The predicted octanol–water partition coefficient (Wildman–Crippen LogP) is 0.376. The van der Waals surface area contributed by atoms with Gasteiger partial charge >= 0.3 is 5.97 Å². The van der Waals surface area contributed by atoms with Crippen molar-refractivity contribution in [2.24, 2.45) is 0 Å². The Labute approximate surface area is 64.2 Å². The minimum atomic E-state index is -0.872. The van der Waals surface area contributed by atoms with Gasteiger partial charge in [0.05, 0.1) is 7.11 Å². The molecule has 1 N–H and O–H groups in total. The summed E-state index contributed by atoms with van der Waals surface area (Å²) in [6, 6.07) is 0. The van der Waals surface area contributed by atoms with Gasteiger partial charge in [-0.15, -0.1) is 0 Å². The van der Waals surface area contributed by atoms with Crippen LogP contribution in [0, 0.1) is 0 Å². The standard InChI is InChI=1S/C7H10FNO2/c1-11-7(10)6(8)5-2-3-9-4-5/h9H,2-4H2,1H3/b6-5+. The lowest BCUT2D eigenvalue weighted by atomic mass is 10.2. The Balaban J connectivity index is 2.69. The van der Waals surface area contributed by atoms with Crippen molar-refractivity contribution in [1.29, 1.82) is 0 Å². The van der Waals surface area contributed by atoms with Crippen LogP contribution >= 0.6 is 0 Å². The van der Waals surface area contributed by atoms with Crippen molar-refractivity contribution in [2.45, 2.75) is 6.42 Å². The van der Waals surface area contributed by atoms with Gasteiger partial charge in [-0.3, -0.25) is 0 Å². The molecule has 1 fully saturated rings. The summed E-state index contributed by atoms with van der Waals surface area (Å²) in [6.07, 6.45) is 0.598. The topological polar surface area (TPSA) is 38.3 Å². The summed E-state index contributed by atoms with van der Waals surface area (Å²) in [7, 11) is 1.17. The summed E-state index contributed by atoms with van der Waals surface area (Å²) in [4.78, 5) is 10.6. The first-order valence-corrected chi connectivity index (χ1v) is 3.42. The highest BCUT2D eigenvalue weighted by Gasteiger charge is 2.18. The Kier molecular flexibility index (Phi) is 2.59. The van der Waals surface area contributed by atoms with Gasteiger partial charge in [0.25, 0.3) is 0 Å². The van der Waals surface area contributed by atoms with E-state index >= 15 is 0 Å². The maximum absolute atomic E-state index is 12.9. The molecule has 0 bridgehead atoms. The van der Waals surface area contributed by atoms with Crippen molar-refractivity contribution in [3.63, 3.8) is 0 Å². The van der Waals surface area contributed by atoms with E-state index in [0.717, 1.165) is 6.54 Å². The predicted molar refractivity (Wildman–Crippen MR) is 37.6 cm³/mol. The van der Waals surface area contributed by atoms with Gasteiger partial charge in [-0.2, -0.15) is 4.39 Å². The monoisotopic (exact) mass is 159 g/mol. The molecule has 3 nitrogen and oxygen atoms in total. The number of nitrogens with one attached hydrogen (secondary N) is 1. The number of ether oxygens (including phenoxy) is 1. The molecule has 0 saturated carbocycles. The number of carbonyl (C=O) groups is 1. The highest BCUT2D eigenvalue weighted by molar-refractivity contribution is 5.86. The molecule has 0 spiro atoms. The van der Waals surface area contributed by atoms with E-state index in [9.17, 15) is 9.18 Å². The van der Waals surface area contributed by atoms with E-state index in [0.29, 0.717) is 18.5 Å². The Morgan fingerprint density at radius 3 is 2.91 bits per heavy atom. The summed E-state index contributed by atoms with van der Waals surface area (Å²) >= 11 is 0. The van der Waals surface area contributed by atoms with Crippen LogP contribution in [0.15, 0.2) is 11.4 Å². The zero-order chi connectivity index (χ0) is 8.27. The molecule has 62 valence electrons. The van der Waals surface area contributed by atoms with Crippen LogP contribution < -0.4 is 5.32 Å².